The molecule has 1 N–H and O–H groups in total. The molecule has 0 unspecified atom stereocenters. The Morgan fingerprint density at radius 3 is 1.88 bits per heavy atom. The third-order valence-electron chi connectivity index (χ3n) is 6.63. The van der Waals surface area contributed by atoms with Crippen molar-refractivity contribution in [3.63, 3.8) is 0 Å². The minimum absolute atomic E-state index is 0.377. The van der Waals surface area contributed by atoms with Crippen molar-refractivity contribution in [2.45, 2.75) is 11.6 Å². The van der Waals surface area contributed by atoms with Crippen LogP contribution in [0.2, 0.25) is 0 Å². The summed E-state index contributed by atoms with van der Waals surface area (Å²) in [7, 11) is 1.20. The van der Waals surface area contributed by atoms with Crippen LogP contribution in [0, 0.1) is 23.5 Å². The quantitative estimate of drug-likeness (QED) is 0.476. The molecule has 2 heterocycles. The number of hydrogen-bond donors (Lipinski definition) is 1. The number of nitrogens with one attached hydrogen (secondary N) is 1. The normalized spacial score (nSPS) is 23.1. The van der Waals surface area contributed by atoms with Crippen LogP contribution in [0.25, 0.3) is 0 Å². The highest BCUT2D eigenvalue weighted by molar-refractivity contribution is 6.24. The summed E-state index contributed by atoms with van der Waals surface area (Å²) in [5, 5.41) is 3.17. The highest BCUT2D eigenvalue weighted by Gasteiger charge is 2.68. The molecule has 6 nitrogen and oxygen atoms in total. The summed E-state index contributed by atoms with van der Waals surface area (Å²) in [6.07, 6.45) is 0. The smallest absolute Gasteiger partial charge is 0.323 e. The highest BCUT2D eigenvalue weighted by Crippen LogP contribution is 2.52. The van der Waals surface area contributed by atoms with Crippen molar-refractivity contribution in [1.82, 2.24) is 5.32 Å². The second-order valence-electron chi connectivity index (χ2n) is 8.32. The number of benzene rings is 3. The number of nitrogens with zero attached hydrogens (tertiary/aromatic N) is 1. The van der Waals surface area contributed by atoms with Crippen LogP contribution in [0.5, 0.6) is 0 Å². The fourth-order valence-electron chi connectivity index (χ4n) is 5.19. The van der Waals surface area contributed by atoms with Gasteiger partial charge in [0.1, 0.15) is 17.7 Å². The maximum atomic E-state index is 13.9. The molecule has 172 valence electrons. The molecule has 0 aliphatic carbocycles. The number of halogens is 2. The van der Waals surface area contributed by atoms with Crippen molar-refractivity contribution in [1.29, 1.82) is 0 Å². The number of fused-ring (bicyclic) bond motifs is 1. The Hall–Kier alpha value is -3.91. The zero-order valence-electron chi connectivity index (χ0n) is 18.1. The standard InChI is InChI=1S/C26H20F2N2O4/c1-34-25(33)22-20-21(24(32)30(23(20)31)19-5-3-2-4-6-19)26(29-22,15-7-11-17(27)12-8-15)16-9-13-18(28)14-10-16/h2-14,20-22,29H,1H3/t20-,21+,22+/m1/s1. The Kier molecular flexibility index (Phi) is 5.25. The van der Waals surface area contributed by atoms with Crippen molar-refractivity contribution in [2.75, 3.05) is 12.0 Å². The maximum absolute atomic E-state index is 13.9. The number of anilines is 1. The van der Waals surface area contributed by atoms with Gasteiger partial charge in [0.15, 0.2) is 0 Å². The number of carbonyl (C=O) groups is 3. The summed E-state index contributed by atoms with van der Waals surface area (Å²) in [6, 6.07) is 18.2. The first-order valence-electron chi connectivity index (χ1n) is 10.7. The van der Waals surface area contributed by atoms with Crippen LogP contribution in [0.1, 0.15) is 11.1 Å². The van der Waals surface area contributed by atoms with E-state index in [0.717, 1.165) is 4.90 Å². The van der Waals surface area contributed by atoms with E-state index in [1.165, 1.54) is 55.6 Å². The van der Waals surface area contributed by atoms with Gasteiger partial charge < -0.3 is 4.74 Å². The van der Waals surface area contributed by atoms with Gasteiger partial charge in [-0.25, -0.2) is 13.7 Å². The van der Waals surface area contributed by atoms with Crippen molar-refractivity contribution in [2.24, 2.45) is 11.8 Å². The van der Waals surface area contributed by atoms with E-state index in [9.17, 15) is 23.2 Å². The van der Waals surface area contributed by atoms with E-state index in [1.54, 1.807) is 30.3 Å². The van der Waals surface area contributed by atoms with Gasteiger partial charge in [0, 0.05) is 0 Å². The van der Waals surface area contributed by atoms with E-state index in [1.807, 2.05) is 0 Å². The lowest BCUT2D eigenvalue weighted by Crippen LogP contribution is -2.52. The first kappa shape index (κ1) is 21.9. The number of carbonyl (C=O) groups excluding carboxylic acids is 3. The Morgan fingerprint density at radius 1 is 0.853 bits per heavy atom. The lowest BCUT2D eigenvalue weighted by Gasteiger charge is -2.36. The number of ether oxygens (including phenoxy) is 1. The third kappa shape index (κ3) is 3.13. The Morgan fingerprint density at radius 2 is 1.38 bits per heavy atom. The SMILES string of the molecule is COC(=O)[C@H]1NC(c2ccc(F)cc2)(c2ccc(F)cc2)[C@@H]2C(=O)N(c3ccccc3)C(=O)[C@@H]12. The molecule has 2 saturated heterocycles. The average Bonchev–Trinajstić information content (AvgIpc) is 3.34. The van der Waals surface area contributed by atoms with Crippen LogP contribution in [0.15, 0.2) is 78.9 Å². The minimum Gasteiger partial charge on any atom is -0.468 e. The largest absolute Gasteiger partial charge is 0.468 e. The fraction of sp³-hybridized carbons (Fsp3) is 0.192. The van der Waals surface area contributed by atoms with Crippen molar-refractivity contribution >= 4 is 23.5 Å². The molecule has 3 atom stereocenters. The predicted octanol–water partition coefficient (Wildman–Crippen LogP) is 3.16. The summed E-state index contributed by atoms with van der Waals surface area (Å²) >= 11 is 0. The topological polar surface area (TPSA) is 75.7 Å². The molecular formula is C26H20F2N2O4. The number of imide groups is 1. The van der Waals surface area contributed by atoms with E-state index in [2.05, 4.69) is 5.32 Å². The van der Waals surface area contributed by atoms with E-state index < -0.39 is 52.8 Å². The molecule has 2 aliphatic rings. The molecule has 5 rings (SSSR count). The van der Waals surface area contributed by atoms with Crippen LogP contribution in [0.3, 0.4) is 0 Å². The molecule has 34 heavy (non-hydrogen) atoms. The van der Waals surface area contributed by atoms with Gasteiger partial charge in [-0.2, -0.15) is 0 Å². The first-order valence-corrected chi connectivity index (χ1v) is 10.7. The number of methoxy groups -OCH3 is 1. The molecule has 3 aromatic carbocycles. The van der Waals surface area contributed by atoms with Gasteiger partial charge >= 0.3 is 5.97 Å². The minimum atomic E-state index is -1.42. The zero-order chi connectivity index (χ0) is 24.0. The number of rotatable bonds is 4. The fourth-order valence-corrected chi connectivity index (χ4v) is 5.19. The van der Waals surface area contributed by atoms with Gasteiger partial charge in [0.25, 0.3) is 0 Å². The van der Waals surface area contributed by atoms with Crippen LogP contribution in [0.4, 0.5) is 14.5 Å². The van der Waals surface area contributed by atoms with Gasteiger partial charge in [0.05, 0.1) is 30.2 Å². The first-order chi connectivity index (χ1) is 16.4. The van der Waals surface area contributed by atoms with Crippen molar-refractivity contribution in [3.8, 4) is 0 Å². The molecule has 0 spiro atoms. The zero-order valence-corrected chi connectivity index (χ0v) is 18.1. The molecule has 3 aromatic rings. The van der Waals surface area contributed by atoms with Crippen LogP contribution in [-0.4, -0.2) is 30.9 Å². The lowest BCUT2D eigenvalue weighted by atomic mass is 9.71. The average molecular weight is 462 g/mol. The second kappa shape index (κ2) is 8.14. The number of hydrogen-bond acceptors (Lipinski definition) is 5. The van der Waals surface area contributed by atoms with E-state index >= 15 is 0 Å². The lowest BCUT2D eigenvalue weighted by molar-refractivity contribution is -0.145. The number of amides is 2. The highest BCUT2D eigenvalue weighted by atomic mass is 19.1. The molecular weight excluding hydrogens is 442 g/mol. The second-order valence-corrected chi connectivity index (χ2v) is 8.32. The van der Waals surface area contributed by atoms with Crippen molar-refractivity contribution < 1.29 is 27.9 Å². The van der Waals surface area contributed by atoms with Gasteiger partial charge in [-0.3, -0.25) is 19.7 Å². The van der Waals surface area contributed by atoms with Gasteiger partial charge in [-0.05, 0) is 47.5 Å². The van der Waals surface area contributed by atoms with Gasteiger partial charge in [-0.15, -0.1) is 0 Å². The van der Waals surface area contributed by atoms with E-state index in [-0.39, 0.29) is 0 Å². The molecule has 2 fully saturated rings. The molecule has 0 aromatic heterocycles. The van der Waals surface area contributed by atoms with E-state index in [4.69, 9.17) is 4.74 Å². The van der Waals surface area contributed by atoms with Crippen LogP contribution in [-0.2, 0) is 24.7 Å². The molecule has 8 heteroatoms. The van der Waals surface area contributed by atoms with Crippen LogP contribution < -0.4 is 10.2 Å². The summed E-state index contributed by atoms with van der Waals surface area (Å²) in [6.45, 7) is 0. The monoisotopic (exact) mass is 462 g/mol. The molecule has 2 aliphatic heterocycles. The molecule has 2 amide bonds. The van der Waals surface area contributed by atoms with Gasteiger partial charge in [0.2, 0.25) is 11.8 Å². The Bertz CT molecular complexity index is 1220. The van der Waals surface area contributed by atoms with Gasteiger partial charge in [-0.1, -0.05) is 42.5 Å². The summed E-state index contributed by atoms with van der Waals surface area (Å²) in [4.78, 5) is 41.4. The predicted molar refractivity (Wildman–Crippen MR) is 118 cm³/mol. The number of para-hydroxylation sites is 1. The Labute approximate surface area is 194 Å². The summed E-state index contributed by atoms with van der Waals surface area (Å²) in [5.41, 5.74) is -0.125. The molecule has 0 bridgehead atoms. The third-order valence-corrected chi connectivity index (χ3v) is 6.63. The summed E-state index contributed by atoms with van der Waals surface area (Å²) in [5.74, 6) is -4.91. The van der Waals surface area contributed by atoms with E-state index in [0.29, 0.717) is 16.8 Å². The van der Waals surface area contributed by atoms with Crippen molar-refractivity contribution in [3.05, 3.63) is 102 Å². The molecule has 0 saturated carbocycles. The summed E-state index contributed by atoms with van der Waals surface area (Å²) < 4.78 is 32.6. The van der Waals surface area contributed by atoms with Crippen LogP contribution >= 0.6 is 0 Å². The maximum Gasteiger partial charge on any atom is 0.323 e. The Balaban J connectivity index is 1.76. The number of esters is 1. The molecule has 0 radical (unpaired) electrons.